The highest BCUT2D eigenvalue weighted by Crippen LogP contribution is 2.33. The van der Waals surface area contributed by atoms with Crippen LogP contribution in [0.4, 0.5) is 4.39 Å². The third-order valence-electron chi connectivity index (χ3n) is 4.47. The molecular weight excluding hydrogens is 321 g/mol. The molecule has 2 aromatic rings. The SMILES string of the molecule is N#Cc1ccc(C(CCC2OCCO2)c2ccc(F)cc2)c(CO)c1. The van der Waals surface area contributed by atoms with Crippen LogP contribution in [0, 0.1) is 17.1 Å². The van der Waals surface area contributed by atoms with Gasteiger partial charge in [0.2, 0.25) is 0 Å². The van der Waals surface area contributed by atoms with Crippen molar-refractivity contribution in [2.24, 2.45) is 0 Å². The summed E-state index contributed by atoms with van der Waals surface area (Å²) < 4.78 is 24.3. The average molecular weight is 341 g/mol. The second-order valence-corrected chi connectivity index (χ2v) is 6.04. The summed E-state index contributed by atoms with van der Waals surface area (Å²) in [5, 5.41) is 18.8. The van der Waals surface area contributed by atoms with Gasteiger partial charge in [0.1, 0.15) is 5.82 Å². The van der Waals surface area contributed by atoms with Crippen LogP contribution >= 0.6 is 0 Å². The molecule has 5 heteroatoms. The molecule has 1 aliphatic heterocycles. The number of benzene rings is 2. The highest BCUT2D eigenvalue weighted by Gasteiger charge is 2.22. The minimum Gasteiger partial charge on any atom is -0.392 e. The number of nitriles is 1. The monoisotopic (exact) mass is 341 g/mol. The molecule has 1 unspecified atom stereocenters. The highest BCUT2D eigenvalue weighted by atomic mass is 19.1. The Morgan fingerprint density at radius 1 is 1.16 bits per heavy atom. The molecule has 0 spiro atoms. The van der Waals surface area contributed by atoms with Crippen molar-refractivity contribution in [3.63, 3.8) is 0 Å². The summed E-state index contributed by atoms with van der Waals surface area (Å²) >= 11 is 0. The number of rotatable bonds is 6. The zero-order valence-electron chi connectivity index (χ0n) is 13.8. The maximum Gasteiger partial charge on any atom is 0.157 e. The van der Waals surface area contributed by atoms with Gasteiger partial charge in [0.25, 0.3) is 0 Å². The third kappa shape index (κ3) is 4.23. The van der Waals surface area contributed by atoms with E-state index >= 15 is 0 Å². The molecular formula is C20H20FNO3. The summed E-state index contributed by atoms with van der Waals surface area (Å²) in [6.07, 6.45) is 1.21. The van der Waals surface area contributed by atoms with Gasteiger partial charge in [-0.15, -0.1) is 0 Å². The van der Waals surface area contributed by atoms with Gasteiger partial charge in [-0.2, -0.15) is 5.26 Å². The van der Waals surface area contributed by atoms with Gasteiger partial charge < -0.3 is 14.6 Å². The largest absolute Gasteiger partial charge is 0.392 e. The second kappa shape index (κ2) is 8.21. The lowest BCUT2D eigenvalue weighted by Gasteiger charge is -2.22. The normalized spacial score (nSPS) is 15.9. The minimum absolute atomic E-state index is 0.0386. The summed E-state index contributed by atoms with van der Waals surface area (Å²) in [4.78, 5) is 0. The zero-order chi connectivity index (χ0) is 17.6. The Labute approximate surface area is 146 Å². The molecule has 3 rings (SSSR count). The Morgan fingerprint density at radius 2 is 1.88 bits per heavy atom. The first kappa shape index (κ1) is 17.6. The number of hydrogen-bond acceptors (Lipinski definition) is 4. The van der Waals surface area contributed by atoms with Crippen LogP contribution in [-0.4, -0.2) is 24.6 Å². The van der Waals surface area contributed by atoms with E-state index in [-0.39, 0.29) is 24.6 Å². The first-order valence-electron chi connectivity index (χ1n) is 8.33. The van der Waals surface area contributed by atoms with E-state index in [1.807, 2.05) is 6.07 Å². The average Bonchev–Trinajstić information content (AvgIpc) is 3.17. The van der Waals surface area contributed by atoms with E-state index in [0.717, 1.165) is 17.5 Å². The molecule has 25 heavy (non-hydrogen) atoms. The fourth-order valence-electron chi connectivity index (χ4n) is 3.23. The van der Waals surface area contributed by atoms with Gasteiger partial charge >= 0.3 is 0 Å². The molecule has 1 N–H and O–H groups in total. The van der Waals surface area contributed by atoms with E-state index in [2.05, 4.69) is 6.07 Å². The topological polar surface area (TPSA) is 62.5 Å². The highest BCUT2D eigenvalue weighted by molar-refractivity contribution is 5.43. The maximum absolute atomic E-state index is 13.3. The van der Waals surface area contributed by atoms with Gasteiger partial charge in [-0.05, 0) is 53.8 Å². The summed E-state index contributed by atoms with van der Waals surface area (Å²) in [7, 11) is 0. The van der Waals surface area contributed by atoms with Crippen LogP contribution in [0.1, 0.15) is 41.0 Å². The molecule has 0 aliphatic carbocycles. The van der Waals surface area contributed by atoms with Gasteiger partial charge in [0.05, 0.1) is 31.5 Å². The predicted octanol–water partition coefficient (Wildman–Crippen LogP) is 3.47. The lowest BCUT2D eigenvalue weighted by atomic mass is 9.84. The number of halogens is 1. The molecule has 0 radical (unpaired) electrons. The van der Waals surface area contributed by atoms with E-state index in [0.29, 0.717) is 30.8 Å². The smallest absolute Gasteiger partial charge is 0.157 e. The Hall–Kier alpha value is -2.26. The molecule has 1 heterocycles. The lowest BCUT2D eigenvalue weighted by molar-refractivity contribution is -0.0482. The molecule has 1 fully saturated rings. The summed E-state index contributed by atoms with van der Waals surface area (Å²) in [5.41, 5.74) is 3.11. The first-order chi connectivity index (χ1) is 12.2. The van der Waals surface area contributed by atoms with Crippen LogP contribution < -0.4 is 0 Å². The van der Waals surface area contributed by atoms with Crippen molar-refractivity contribution in [2.75, 3.05) is 13.2 Å². The molecule has 1 aliphatic rings. The first-order valence-corrected chi connectivity index (χ1v) is 8.33. The molecule has 0 aromatic heterocycles. The number of ether oxygens (including phenoxy) is 2. The second-order valence-electron chi connectivity index (χ2n) is 6.04. The van der Waals surface area contributed by atoms with Crippen molar-refractivity contribution in [2.45, 2.75) is 31.7 Å². The van der Waals surface area contributed by atoms with Crippen LogP contribution in [-0.2, 0) is 16.1 Å². The number of nitrogens with zero attached hydrogens (tertiary/aromatic N) is 1. The molecule has 4 nitrogen and oxygen atoms in total. The van der Waals surface area contributed by atoms with Crippen molar-refractivity contribution in [3.8, 4) is 6.07 Å². The van der Waals surface area contributed by atoms with Crippen LogP contribution in [0.15, 0.2) is 42.5 Å². The van der Waals surface area contributed by atoms with E-state index in [1.54, 1.807) is 24.3 Å². The van der Waals surface area contributed by atoms with Crippen molar-refractivity contribution in [3.05, 3.63) is 70.5 Å². The van der Waals surface area contributed by atoms with Gasteiger partial charge in [-0.25, -0.2) is 4.39 Å². The van der Waals surface area contributed by atoms with Crippen molar-refractivity contribution < 1.29 is 19.0 Å². The van der Waals surface area contributed by atoms with Gasteiger partial charge in [-0.1, -0.05) is 18.2 Å². The summed E-state index contributed by atoms with van der Waals surface area (Å²) in [6, 6.07) is 13.8. The number of aliphatic hydroxyl groups excluding tert-OH is 1. The molecule has 130 valence electrons. The predicted molar refractivity (Wildman–Crippen MR) is 90.2 cm³/mol. The summed E-state index contributed by atoms with van der Waals surface area (Å²) in [6.45, 7) is 1.05. The fraction of sp³-hybridized carbons (Fsp3) is 0.350. The number of hydrogen-bond donors (Lipinski definition) is 1. The Bertz CT molecular complexity index is 749. The zero-order valence-corrected chi connectivity index (χ0v) is 13.8. The molecule has 1 saturated heterocycles. The van der Waals surface area contributed by atoms with E-state index < -0.39 is 0 Å². The Balaban J connectivity index is 1.92. The van der Waals surface area contributed by atoms with Crippen LogP contribution in [0.25, 0.3) is 0 Å². The minimum atomic E-state index is -0.285. The van der Waals surface area contributed by atoms with Gasteiger partial charge in [-0.3, -0.25) is 0 Å². The Morgan fingerprint density at radius 3 is 2.52 bits per heavy atom. The fourth-order valence-corrected chi connectivity index (χ4v) is 3.23. The molecule has 1 atom stereocenters. The van der Waals surface area contributed by atoms with Crippen LogP contribution in [0.5, 0.6) is 0 Å². The van der Waals surface area contributed by atoms with Crippen molar-refractivity contribution in [1.82, 2.24) is 0 Å². The molecule has 2 aromatic carbocycles. The van der Waals surface area contributed by atoms with E-state index in [4.69, 9.17) is 14.7 Å². The van der Waals surface area contributed by atoms with Crippen molar-refractivity contribution in [1.29, 1.82) is 5.26 Å². The van der Waals surface area contributed by atoms with Crippen molar-refractivity contribution >= 4 is 0 Å². The van der Waals surface area contributed by atoms with Gasteiger partial charge in [0, 0.05) is 5.92 Å². The lowest BCUT2D eigenvalue weighted by Crippen LogP contribution is -2.12. The van der Waals surface area contributed by atoms with E-state index in [1.165, 1.54) is 12.1 Å². The molecule has 0 amide bonds. The quantitative estimate of drug-likeness (QED) is 0.874. The van der Waals surface area contributed by atoms with Crippen LogP contribution in [0.3, 0.4) is 0 Å². The molecule has 0 saturated carbocycles. The molecule has 0 bridgehead atoms. The maximum atomic E-state index is 13.3. The van der Waals surface area contributed by atoms with Gasteiger partial charge in [0.15, 0.2) is 6.29 Å². The summed E-state index contributed by atoms with van der Waals surface area (Å²) in [5.74, 6) is -0.324. The Kier molecular flexibility index (Phi) is 5.77. The van der Waals surface area contributed by atoms with Crippen LogP contribution in [0.2, 0.25) is 0 Å². The third-order valence-corrected chi connectivity index (χ3v) is 4.47. The van der Waals surface area contributed by atoms with E-state index in [9.17, 15) is 9.50 Å². The standard InChI is InChI=1S/C20H20FNO3/c21-17-4-2-15(3-5-17)18(7-8-20-24-9-10-25-20)19-6-1-14(12-22)11-16(19)13-23/h1-6,11,18,20,23H,7-10,13H2. The number of aliphatic hydroxyl groups is 1.